The molecule has 0 fully saturated rings. The number of ketones is 2. The van der Waals surface area contributed by atoms with Crippen molar-refractivity contribution in [2.75, 3.05) is 24.3 Å². The molecule has 1 aliphatic carbocycles. The summed E-state index contributed by atoms with van der Waals surface area (Å²) in [6.45, 7) is 7.77. The van der Waals surface area contributed by atoms with Gasteiger partial charge in [-0.15, -0.1) is 0 Å². The standard InChI is InChI=1S/C52H62N2O8/c1-4-7-10-12-14-16-31-59-37-23-27-39(28-24-37)61-43-33-41(53)45-47(49(43)55)52(58)46-42(54-36-21-19-35(20-22-36)18-9-6-3)34-44(50(56)48(46)51(45)57)62-40-29-25-38(26-30-40)60-32-17-15-13-11-8-5-2/h19-30,33-34,54-56H,4-18,31-32,53H2,1-3H3. The molecule has 0 bridgehead atoms. The van der Waals surface area contributed by atoms with Crippen LogP contribution in [0.5, 0.6) is 46.0 Å². The van der Waals surface area contributed by atoms with Crippen LogP contribution in [0.4, 0.5) is 17.1 Å². The summed E-state index contributed by atoms with van der Waals surface area (Å²) < 4.78 is 24.1. The van der Waals surface area contributed by atoms with Gasteiger partial charge >= 0.3 is 0 Å². The second-order valence-electron chi connectivity index (χ2n) is 16.0. The Hall–Kier alpha value is -6.16. The minimum absolute atomic E-state index is 0.0571. The van der Waals surface area contributed by atoms with E-state index in [4.69, 9.17) is 24.7 Å². The van der Waals surface area contributed by atoms with Crippen molar-refractivity contribution < 1.29 is 38.7 Å². The van der Waals surface area contributed by atoms with E-state index < -0.39 is 23.1 Å². The summed E-state index contributed by atoms with van der Waals surface area (Å²) in [6.07, 6.45) is 17.0. The number of nitrogen functional groups attached to an aromatic ring is 1. The summed E-state index contributed by atoms with van der Waals surface area (Å²) in [5.41, 5.74) is 7.39. The molecule has 0 atom stereocenters. The number of hydrogen-bond acceptors (Lipinski definition) is 10. The van der Waals surface area contributed by atoms with Gasteiger partial charge in [-0.3, -0.25) is 9.59 Å². The van der Waals surface area contributed by atoms with Gasteiger partial charge in [0.2, 0.25) is 11.6 Å². The molecule has 5 aromatic rings. The number of nitrogens with two attached hydrogens (primary N) is 1. The van der Waals surface area contributed by atoms with Gasteiger partial charge in [-0.25, -0.2) is 0 Å². The monoisotopic (exact) mass is 842 g/mol. The van der Waals surface area contributed by atoms with Gasteiger partial charge in [0, 0.05) is 23.5 Å². The summed E-state index contributed by atoms with van der Waals surface area (Å²) in [5, 5.41) is 26.7. The summed E-state index contributed by atoms with van der Waals surface area (Å²) in [7, 11) is 0. The minimum Gasteiger partial charge on any atom is -0.504 e. The maximum Gasteiger partial charge on any atom is 0.200 e. The molecular weight excluding hydrogens is 781 g/mol. The van der Waals surface area contributed by atoms with Crippen molar-refractivity contribution in [2.45, 2.75) is 117 Å². The van der Waals surface area contributed by atoms with Crippen LogP contribution in [0, 0.1) is 0 Å². The van der Waals surface area contributed by atoms with E-state index in [2.05, 4.69) is 26.1 Å². The second kappa shape index (κ2) is 22.6. The molecule has 6 rings (SSSR count). The van der Waals surface area contributed by atoms with Gasteiger partial charge in [0.15, 0.2) is 23.0 Å². The molecule has 0 aliphatic heterocycles. The molecule has 5 N–H and O–H groups in total. The third kappa shape index (κ3) is 11.6. The fourth-order valence-electron chi connectivity index (χ4n) is 7.64. The number of carbonyl (C=O) groups excluding carboxylic acids is 2. The molecule has 5 aromatic carbocycles. The Labute approximate surface area is 366 Å². The minimum atomic E-state index is -0.750. The highest BCUT2D eigenvalue weighted by atomic mass is 16.5. The fraction of sp³-hybridized carbons (Fsp3) is 0.385. The number of hydrogen-bond donors (Lipinski definition) is 4. The van der Waals surface area contributed by atoms with E-state index >= 15 is 0 Å². The number of phenolic OH excluding ortho intramolecular Hbond substituents is 2. The first-order valence-electron chi connectivity index (χ1n) is 22.5. The lowest BCUT2D eigenvalue weighted by Gasteiger charge is -2.25. The number of aryl methyl sites for hydroxylation is 1. The molecule has 0 saturated heterocycles. The molecule has 10 nitrogen and oxygen atoms in total. The van der Waals surface area contributed by atoms with E-state index in [9.17, 15) is 19.8 Å². The Kier molecular flexibility index (Phi) is 16.5. The number of carbonyl (C=O) groups is 2. The molecule has 0 heterocycles. The average molecular weight is 843 g/mol. The predicted octanol–water partition coefficient (Wildman–Crippen LogP) is 13.6. The van der Waals surface area contributed by atoms with Gasteiger partial charge in [0.05, 0.1) is 41.2 Å². The molecule has 0 radical (unpaired) electrons. The first-order chi connectivity index (χ1) is 30.2. The van der Waals surface area contributed by atoms with Gasteiger partial charge in [-0.2, -0.15) is 0 Å². The first kappa shape index (κ1) is 45.4. The Morgan fingerprint density at radius 2 is 0.935 bits per heavy atom. The molecule has 328 valence electrons. The van der Waals surface area contributed by atoms with Gasteiger partial charge in [-0.1, -0.05) is 104 Å². The van der Waals surface area contributed by atoms with Crippen molar-refractivity contribution >= 4 is 28.6 Å². The number of benzene rings is 5. The van der Waals surface area contributed by atoms with Crippen LogP contribution in [0.1, 0.15) is 148 Å². The SMILES string of the molecule is CCCCCCCCOc1ccc(Oc2cc(N)c3c(c2O)C(=O)c2c(Nc4ccc(CCCC)cc4)cc(Oc4ccc(OCCCCCCCC)cc4)c(O)c2C3=O)cc1. The van der Waals surface area contributed by atoms with Crippen molar-refractivity contribution in [2.24, 2.45) is 0 Å². The quantitative estimate of drug-likeness (QED) is 0.0249. The summed E-state index contributed by atoms with van der Waals surface area (Å²) in [5.74, 6) is -0.610. The van der Waals surface area contributed by atoms with E-state index in [0.29, 0.717) is 41.9 Å². The summed E-state index contributed by atoms with van der Waals surface area (Å²) in [4.78, 5) is 29.1. The van der Waals surface area contributed by atoms with Gasteiger partial charge < -0.3 is 40.2 Å². The Balaban J connectivity index is 1.25. The van der Waals surface area contributed by atoms with Crippen LogP contribution in [0.2, 0.25) is 0 Å². The number of anilines is 3. The number of aromatic hydroxyl groups is 2. The van der Waals surface area contributed by atoms with Crippen LogP contribution in [0.15, 0.2) is 84.9 Å². The molecule has 0 unspecified atom stereocenters. The topological polar surface area (TPSA) is 150 Å². The lowest BCUT2D eigenvalue weighted by Crippen LogP contribution is -2.24. The molecule has 1 aliphatic rings. The van der Waals surface area contributed by atoms with Crippen molar-refractivity contribution in [3.8, 4) is 46.0 Å². The summed E-state index contributed by atoms with van der Waals surface area (Å²) in [6, 6.07) is 24.5. The maximum absolute atomic E-state index is 14.6. The first-order valence-corrected chi connectivity index (χ1v) is 22.5. The zero-order valence-electron chi connectivity index (χ0n) is 36.5. The highest BCUT2D eigenvalue weighted by molar-refractivity contribution is 6.34. The van der Waals surface area contributed by atoms with E-state index in [0.717, 1.165) is 50.5 Å². The third-order valence-corrected chi connectivity index (χ3v) is 11.2. The highest BCUT2D eigenvalue weighted by Crippen LogP contribution is 2.50. The van der Waals surface area contributed by atoms with Gasteiger partial charge in [0.1, 0.15) is 23.0 Å². The van der Waals surface area contributed by atoms with E-state index in [1.54, 1.807) is 48.5 Å². The second-order valence-corrected chi connectivity index (χ2v) is 16.0. The molecule has 0 aromatic heterocycles. The van der Waals surface area contributed by atoms with Gasteiger partial charge in [0.25, 0.3) is 0 Å². The number of unbranched alkanes of at least 4 members (excludes halogenated alkanes) is 11. The van der Waals surface area contributed by atoms with Crippen LogP contribution < -0.4 is 30.0 Å². The number of fused-ring (bicyclic) bond motifs is 2. The largest absolute Gasteiger partial charge is 0.504 e. The average Bonchev–Trinajstić information content (AvgIpc) is 3.27. The number of nitrogens with one attached hydrogen (secondary N) is 1. The van der Waals surface area contributed by atoms with E-state index in [-0.39, 0.29) is 45.1 Å². The molecular formula is C52H62N2O8. The van der Waals surface area contributed by atoms with Crippen molar-refractivity contribution in [1.82, 2.24) is 0 Å². The zero-order valence-corrected chi connectivity index (χ0v) is 36.5. The Bertz CT molecular complexity index is 2250. The van der Waals surface area contributed by atoms with Gasteiger partial charge in [-0.05, 0) is 91.9 Å². The van der Waals surface area contributed by atoms with Crippen LogP contribution >= 0.6 is 0 Å². The van der Waals surface area contributed by atoms with E-state index in [1.165, 1.54) is 63.5 Å². The van der Waals surface area contributed by atoms with Crippen molar-refractivity contribution in [3.63, 3.8) is 0 Å². The van der Waals surface area contributed by atoms with Crippen LogP contribution in [0.25, 0.3) is 0 Å². The number of phenols is 2. The molecule has 0 amide bonds. The van der Waals surface area contributed by atoms with Crippen LogP contribution in [-0.4, -0.2) is 35.0 Å². The third-order valence-electron chi connectivity index (χ3n) is 11.2. The Morgan fingerprint density at radius 3 is 1.45 bits per heavy atom. The van der Waals surface area contributed by atoms with Crippen molar-refractivity contribution in [1.29, 1.82) is 0 Å². The smallest absolute Gasteiger partial charge is 0.200 e. The number of ether oxygens (including phenoxy) is 4. The van der Waals surface area contributed by atoms with Crippen LogP contribution in [0.3, 0.4) is 0 Å². The molecule has 10 heteroatoms. The fourth-order valence-corrected chi connectivity index (χ4v) is 7.64. The zero-order chi connectivity index (χ0) is 43.8. The lowest BCUT2D eigenvalue weighted by atomic mass is 9.81. The maximum atomic E-state index is 14.6. The lowest BCUT2D eigenvalue weighted by molar-refractivity contribution is 0.0974. The molecule has 0 spiro atoms. The molecule has 0 saturated carbocycles. The highest BCUT2D eigenvalue weighted by Gasteiger charge is 2.40. The van der Waals surface area contributed by atoms with Crippen LogP contribution in [-0.2, 0) is 6.42 Å². The normalized spacial score (nSPS) is 11.9. The molecule has 62 heavy (non-hydrogen) atoms. The van der Waals surface area contributed by atoms with Crippen molar-refractivity contribution in [3.05, 3.63) is 113 Å². The predicted molar refractivity (Wildman–Crippen MR) is 247 cm³/mol. The number of rotatable bonds is 25. The Morgan fingerprint density at radius 1 is 0.500 bits per heavy atom. The van der Waals surface area contributed by atoms with E-state index in [1.807, 2.05) is 24.3 Å². The summed E-state index contributed by atoms with van der Waals surface area (Å²) >= 11 is 0.